The molecule has 1 heterocycles. The van der Waals surface area contributed by atoms with Crippen molar-refractivity contribution in [1.29, 1.82) is 5.26 Å². The fourth-order valence-electron chi connectivity index (χ4n) is 2.79. The second-order valence-corrected chi connectivity index (χ2v) is 7.25. The number of carbonyl (C=O) groups excluding carboxylic acids is 1. The van der Waals surface area contributed by atoms with Crippen LogP contribution in [0.5, 0.6) is 5.75 Å². The topological polar surface area (TPSA) is 65.7 Å². The Morgan fingerprint density at radius 1 is 1.30 bits per heavy atom. The highest BCUT2D eigenvalue weighted by molar-refractivity contribution is 8.14. The number of amidine groups is 1. The van der Waals surface area contributed by atoms with E-state index in [4.69, 9.17) is 10.00 Å². The molecule has 0 aromatic heterocycles. The van der Waals surface area contributed by atoms with Gasteiger partial charge in [0.25, 0.3) is 5.91 Å². The quantitative estimate of drug-likeness (QED) is 0.777. The Morgan fingerprint density at radius 2 is 2.04 bits per heavy atom. The zero-order valence-electron chi connectivity index (χ0n) is 15.4. The lowest BCUT2D eigenvalue weighted by Gasteiger charge is -2.23. The predicted molar refractivity (Wildman–Crippen MR) is 108 cm³/mol. The Hall–Kier alpha value is -2.78. The van der Waals surface area contributed by atoms with Crippen molar-refractivity contribution in [1.82, 2.24) is 4.90 Å². The average molecular weight is 379 g/mol. The first kappa shape index (κ1) is 19.0. The molecule has 0 saturated carbocycles. The fourth-order valence-corrected chi connectivity index (χ4v) is 4.08. The second kappa shape index (κ2) is 8.74. The number of benzene rings is 2. The molecule has 0 N–H and O–H groups in total. The first-order valence-electron chi connectivity index (χ1n) is 8.84. The Morgan fingerprint density at radius 3 is 2.74 bits per heavy atom. The normalized spacial score (nSPS) is 17.7. The summed E-state index contributed by atoms with van der Waals surface area (Å²) in [4.78, 5) is 19.3. The van der Waals surface area contributed by atoms with E-state index in [2.05, 4.69) is 18.0 Å². The summed E-state index contributed by atoms with van der Waals surface area (Å²) in [6.07, 6.45) is 0.848. The van der Waals surface area contributed by atoms with Gasteiger partial charge in [0, 0.05) is 11.8 Å². The Labute approximate surface area is 163 Å². The molecule has 3 rings (SSSR count). The molecule has 1 aliphatic rings. The van der Waals surface area contributed by atoms with Crippen molar-refractivity contribution in [3.8, 4) is 11.8 Å². The van der Waals surface area contributed by atoms with E-state index in [1.807, 2.05) is 31.2 Å². The van der Waals surface area contributed by atoms with Crippen LogP contribution in [0.15, 0.2) is 53.5 Å². The van der Waals surface area contributed by atoms with Crippen LogP contribution in [0.25, 0.3) is 0 Å². The van der Waals surface area contributed by atoms with Gasteiger partial charge in [-0.2, -0.15) is 5.26 Å². The summed E-state index contributed by atoms with van der Waals surface area (Å²) in [5.41, 5.74) is 2.41. The fraction of sp³-hybridized carbons (Fsp3) is 0.286. The summed E-state index contributed by atoms with van der Waals surface area (Å²) >= 11 is 1.59. The summed E-state index contributed by atoms with van der Waals surface area (Å²) < 4.78 is 5.63. The molecule has 138 valence electrons. The van der Waals surface area contributed by atoms with Gasteiger partial charge in [0.15, 0.2) is 11.8 Å². The molecule has 2 aromatic carbocycles. The zero-order chi connectivity index (χ0) is 19.2. The number of amides is 1. The minimum atomic E-state index is -0.148. The lowest BCUT2D eigenvalue weighted by molar-refractivity contribution is -0.130. The van der Waals surface area contributed by atoms with Crippen LogP contribution in [0.3, 0.4) is 0 Å². The lowest BCUT2D eigenvalue weighted by Crippen LogP contribution is -2.41. The minimum absolute atomic E-state index is 0.0986. The number of carbonyl (C=O) groups is 1. The number of thioether (sulfide) groups is 1. The van der Waals surface area contributed by atoms with E-state index in [0.717, 1.165) is 17.9 Å². The molecule has 6 heteroatoms. The highest BCUT2D eigenvalue weighted by atomic mass is 32.2. The van der Waals surface area contributed by atoms with Crippen LogP contribution >= 0.6 is 11.8 Å². The number of hydrogen-bond donors (Lipinski definition) is 0. The maximum absolute atomic E-state index is 12.9. The number of para-hydroxylation sites is 1. The van der Waals surface area contributed by atoms with Crippen molar-refractivity contribution in [2.75, 3.05) is 12.4 Å². The first-order valence-corrected chi connectivity index (χ1v) is 9.83. The van der Waals surface area contributed by atoms with Gasteiger partial charge in [0.1, 0.15) is 11.8 Å². The molecular weight excluding hydrogens is 358 g/mol. The molecule has 0 spiro atoms. The summed E-state index contributed by atoms with van der Waals surface area (Å²) in [6.45, 7) is 3.97. The molecule has 0 aliphatic carbocycles. The van der Waals surface area contributed by atoms with E-state index >= 15 is 0 Å². The second-order valence-electron chi connectivity index (χ2n) is 6.26. The zero-order valence-corrected chi connectivity index (χ0v) is 16.2. The van der Waals surface area contributed by atoms with Gasteiger partial charge in [0.05, 0.1) is 11.3 Å². The molecule has 1 saturated heterocycles. The van der Waals surface area contributed by atoms with Crippen molar-refractivity contribution < 1.29 is 9.53 Å². The van der Waals surface area contributed by atoms with Crippen LogP contribution in [0, 0.1) is 18.3 Å². The Kier molecular flexibility index (Phi) is 6.15. The van der Waals surface area contributed by atoms with E-state index < -0.39 is 0 Å². The van der Waals surface area contributed by atoms with Crippen molar-refractivity contribution in [3.05, 3.63) is 59.7 Å². The summed E-state index contributed by atoms with van der Waals surface area (Å²) in [7, 11) is 0. The molecule has 0 radical (unpaired) electrons. The summed E-state index contributed by atoms with van der Waals surface area (Å²) in [5.74, 6) is 1.09. The number of rotatable bonds is 5. The van der Waals surface area contributed by atoms with Crippen LogP contribution in [0.2, 0.25) is 0 Å². The summed E-state index contributed by atoms with van der Waals surface area (Å²) in [5, 5.41) is 9.85. The largest absolute Gasteiger partial charge is 0.482 e. The highest BCUT2D eigenvalue weighted by Gasteiger charge is 2.34. The molecule has 0 bridgehead atoms. The number of hydrogen-bond acceptors (Lipinski definition) is 5. The van der Waals surface area contributed by atoms with E-state index in [1.165, 1.54) is 5.56 Å². The van der Waals surface area contributed by atoms with Crippen molar-refractivity contribution >= 4 is 28.5 Å². The Balaban J connectivity index is 1.77. The molecule has 2 aromatic rings. The molecule has 1 fully saturated rings. The van der Waals surface area contributed by atoms with Gasteiger partial charge in [0.2, 0.25) is 0 Å². The molecule has 1 aliphatic heterocycles. The smallest absolute Gasteiger partial charge is 0.266 e. The standard InChI is InChI=1S/C21H21N3O2S/c1-3-18-14-27-21(23-17-10-8-15(2)9-11-17)24(18)20(25)13-26-19-7-5-4-6-16(19)12-22/h4-11,18H,3,13-14H2,1-2H3/t18-/m1/s1. The van der Waals surface area contributed by atoms with E-state index in [1.54, 1.807) is 40.9 Å². The molecule has 1 atom stereocenters. The van der Waals surface area contributed by atoms with E-state index in [9.17, 15) is 4.79 Å². The lowest BCUT2D eigenvalue weighted by atomic mass is 10.2. The van der Waals surface area contributed by atoms with Gasteiger partial charge in [-0.25, -0.2) is 4.99 Å². The number of ether oxygens (including phenoxy) is 1. The predicted octanol–water partition coefficient (Wildman–Crippen LogP) is 4.29. The Bertz CT molecular complexity index is 887. The third kappa shape index (κ3) is 4.50. The van der Waals surface area contributed by atoms with Gasteiger partial charge >= 0.3 is 0 Å². The first-order chi connectivity index (χ1) is 13.1. The highest BCUT2D eigenvalue weighted by Crippen LogP contribution is 2.29. The van der Waals surface area contributed by atoms with Crippen LogP contribution in [-0.4, -0.2) is 34.4 Å². The van der Waals surface area contributed by atoms with Gasteiger partial charge in [-0.3, -0.25) is 9.69 Å². The molecule has 5 nitrogen and oxygen atoms in total. The summed E-state index contributed by atoms with van der Waals surface area (Å²) in [6, 6.07) is 17.0. The SMILES string of the molecule is CC[C@@H]1CSC(=Nc2ccc(C)cc2)N1C(=O)COc1ccccc1C#N. The van der Waals surface area contributed by atoms with Crippen molar-refractivity contribution in [2.45, 2.75) is 26.3 Å². The number of nitrogens with zero attached hydrogens (tertiary/aromatic N) is 3. The van der Waals surface area contributed by atoms with E-state index in [-0.39, 0.29) is 18.6 Å². The maximum atomic E-state index is 12.9. The van der Waals surface area contributed by atoms with Crippen LogP contribution in [-0.2, 0) is 4.79 Å². The third-order valence-corrected chi connectivity index (χ3v) is 5.43. The number of aliphatic imine (C=N–C) groups is 1. The van der Waals surface area contributed by atoms with Crippen LogP contribution < -0.4 is 4.74 Å². The van der Waals surface area contributed by atoms with Gasteiger partial charge in [-0.05, 0) is 37.6 Å². The molecule has 1 amide bonds. The van der Waals surface area contributed by atoms with Crippen molar-refractivity contribution in [3.63, 3.8) is 0 Å². The maximum Gasteiger partial charge on any atom is 0.266 e. The molecule has 0 unspecified atom stereocenters. The average Bonchev–Trinajstić information content (AvgIpc) is 3.10. The molecular formula is C21H21N3O2S. The molecule has 27 heavy (non-hydrogen) atoms. The van der Waals surface area contributed by atoms with E-state index in [0.29, 0.717) is 16.5 Å². The number of aryl methyl sites for hydroxylation is 1. The van der Waals surface area contributed by atoms with Crippen LogP contribution in [0.1, 0.15) is 24.5 Å². The monoisotopic (exact) mass is 379 g/mol. The van der Waals surface area contributed by atoms with Gasteiger partial charge < -0.3 is 4.74 Å². The third-order valence-electron chi connectivity index (χ3n) is 4.33. The van der Waals surface area contributed by atoms with Crippen molar-refractivity contribution in [2.24, 2.45) is 4.99 Å². The van der Waals surface area contributed by atoms with Crippen LogP contribution in [0.4, 0.5) is 5.69 Å². The van der Waals surface area contributed by atoms with Gasteiger partial charge in [-0.1, -0.05) is 48.5 Å². The minimum Gasteiger partial charge on any atom is -0.482 e. The number of nitriles is 1. The van der Waals surface area contributed by atoms with Gasteiger partial charge in [-0.15, -0.1) is 0 Å².